The molecule has 0 radical (unpaired) electrons. The standard InChI is InChI=1S/C17H19FN2O2/c1-2-22-16-8-6-14(7-9-16)20-17(21)10-11-19-15-5-3-4-13(18)12-15/h3-9,12,19H,2,10-11H2,1H3,(H,20,21). The Morgan fingerprint density at radius 1 is 1.14 bits per heavy atom. The molecule has 0 aromatic heterocycles. The van der Waals surface area contributed by atoms with Crippen LogP contribution in [0.5, 0.6) is 5.75 Å². The van der Waals surface area contributed by atoms with Gasteiger partial charge in [0, 0.05) is 24.3 Å². The van der Waals surface area contributed by atoms with Crippen molar-refractivity contribution in [2.24, 2.45) is 0 Å². The fourth-order valence-corrected chi connectivity index (χ4v) is 1.94. The second-order valence-electron chi connectivity index (χ2n) is 4.69. The molecule has 0 fully saturated rings. The van der Waals surface area contributed by atoms with E-state index >= 15 is 0 Å². The van der Waals surface area contributed by atoms with Crippen molar-refractivity contribution in [1.29, 1.82) is 0 Å². The maximum atomic E-state index is 13.0. The van der Waals surface area contributed by atoms with Gasteiger partial charge in [0.05, 0.1) is 6.61 Å². The average Bonchev–Trinajstić information content (AvgIpc) is 2.50. The minimum Gasteiger partial charge on any atom is -0.494 e. The smallest absolute Gasteiger partial charge is 0.226 e. The van der Waals surface area contributed by atoms with Crippen LogP contribution >= 0.6 is 0 Å². The molecule has 2 aromatic carbocycles. The highest BCUT2D eigenvalue weighted by Gasteiger charge is 2.03. The molecular weight excluding hydrogens is 283 g/mol. The van der Waals surface area contributed by atoms with E-state index in [4.69, 9.17) is 4.74 Å². The summed E-state index contributed by atoms with van der Waals surface area (Å²) in [5, 5.41) is 5.81. The van der Waals surface area contributed by atoms with Crippen LogP contribution < -0.4 is 15.4 Å². The molecule has 2 N–H and O–H groups in total. The predicted octanol–water partition coefficient (Wildman–Crippen LogP) is 3.67. The molecule has 0 bridgehead atoms. The first kappa shape index (κ1) is 15.8. The molecule has 0 heterocycles. The van der Waals surface area contributed by atoms with Crippen molar-refractivity contribution >= 4 is 17.3 Å². The van der Waals surface area contributed by atoms with Gasteiger partial charge in [-0.25, -0.2) is 4.39 Å². The van der Waals surface area contributed by atoms with Crippen molar-refractivity contribution in [3.63, 3.8) is 0 Å². The molecule has 116 valence electrons. The molecular formula is C17H19FN2O2. The second-order valence-corrected chi connectivity index (χ2v) is 4.69. The maximum Gasteiger partial charge on any atom is 0.226 e. The van der Waals surface area contributed by atoms with Gasteiger partial charge in [0.1, 0.15) is 11.6 Å². The van der Waals surface area contributed by atoms with Crippen molar-refractivity contribution in [2.45, 2.75) is 13.3 Å². The Hall–Kier alpha value is -2.56. The lowest BCUT2D eigenvalue weighted by atomic mass is 10.2. The molecule has 0 atom stereocenters. The summed E-state index contributed by atoms with van der Waals surface area (Å²) in [6, 6.07) is 13.4. The van der Waals surface area contributed by atoms with E-state index in [-0.39, 0.29) is 11.7 Å². The van der Waals surface area contributed by atoms with Crippen molar-refractivity contribution in [1.82, 2.24) is 0 Å². The van der Waals surface area contributed by atoms with Gasteiger partial charge in [-0.3, -0.25) is 4.79 Å². The summed E-state index contributed by atoms with van der Waals surface area (Å²) in [5.41, 5.74) is 1.38. The Labute approximate surface area is 129 Å². The van der Waals surface area contributed by atoms with E-state index in [0.29, 0.717) is 25.3 Å². The molecule has 2 rings (SSSR count). The van der Waals surface area contributed by atoms with Gasteiger partial charge in [-0.2, -0.15) is 0 Å². The Kier molecular flexibility index (Phi) is 5.77. The Balaban J connectivity index is 1.75. The van der Waals surface area contributed by atoms with Gasteiger partial charge in [-0.15, -0.1) is 0 Å². The van der Waals surface area contributed by atoms with Gasteiger partial charge in [0.15, 0.2) is 0 Å². The van der Waals surface area contributed by atoms with E-state index in [1.807, 2.05) is 19.1 Å². The molecule has 0 spiro atoms. The minimum atomic E-state index is -0.302. The number of carbonyl (C=O) groups is 1. The number of ether oxygens (including phenoxy) is 1. The van der Waals surface area contributed by atoms with Crippen LogP contribution in [0.3, 0.4) is 0 Å². The van der Waals surface area contributed by atoms with Gasteiger partial charge in [-0.05, 0) is 49.4 Å². The molecule has 2 aromatic rings. The number of nitrogens with one attached hydrogen (secondary N) is 2. The number of hydrogen-bond donors (Lipinski definition) is 2. The maximum absolute atomic E-state index is 13.0. The summed E-state index contributed by atoms with van der Waals surface area (Å²) in [6.45, 7) is 2.96. The van der Waals surface area contributed by atoms with Crippen LogP contribution in [0.1, 0.15) is 13.3 Å². The molecule has 4 nitrogen and oxygen atoms in total. The highest BCUT2D eigenvalue weighted by molar-refractivity contribution is 5.91. The van der Waals surface area contributed by atoms with Crippen LogP contribution in [0.25, 0.3) is 0 Å². The molecule has 1 amide bonds. The first-order chi connectivity index (χ1) is 10.7. The predicted molar refractivity (Wildman–Crippen MR) is 85.7 cm³/mol. The number of carbonyl (C=O) groups excluding carboxylic acids is 1. The highest BCUT2D eigenvalue weighted by Crippen LogP contribution is 2.15. The van der Waals surface area contributed by atoms with Gasteiger partial charge >= 0.3 is 0 Å². The Morgan fingerprint density at radius 3 is 2.59 bits per heavy atom. The lowest BCUT2D eigenvalue weighted by Gasteiger charge is -2.08. The van der Waals surface area contributed by atoms with Gasteiger partial charge in [-0.1, -0.05) is 6.07 Å². The zero-order valence-electron chi connectivity index (χ0n) is 12.4. The number of rotatable bonds is 7. The van der Waals surface area contributed by atoms with Crippen LogP contribution in [-0.2, 0) is 4.79 Å². The largest absolute Gasteiger partial charge is 0.494 e. The Morgan fingerprint density at radius 2 is 1.91 bits per heavy atom. The summed E-state index contributed by atoms with van der Waals surface area (Å²) < 4.78 is 18.3. The van der Waals surface area contributed by atoms with Crippen LogP contribution in [0.15, 0.2) is 48.5 Å². The van der Waals surface area contributed by atoms with E-state index in [0.717, 1.165) is 11.4 Å². The SMILES string of the molecule is CCOc1ccc(NC(=O)CCNc2cccc(F)c2)cc1. The molecule has 0 saturated carbocycles. The second kappa shape index (κ2) is 8.02. The number of benzene rings is 2. The van der Waals surface area contributed by atoms with E-state index < -0.39 is 0 Å². The molecule has 5 heteroatoms. The summed E-state index contributed by atoms with van der Waals surface area (Å²) in [5.74, 6) is 0.366. The topological polar surface area (TPSA) is 50.4 Å². The summed E-state index contributed by atoms with van der Waals surface area (Å²) in [4.78, 5) is 11.8. The zero-order chi connectivity index (χ0) is 15.8. The minimum absolute atomic E-state index is 0.104. The molecule has 0 saturated heterocycles. The van der Waals surface area contributed by atoms with Crippen LogP contribution in [0, 0.1) is 5.82 Å². The van der Waals surface area contributed by atoms with Crippen LogP contribution in [0.2, 0.25) is 0 Å². The molecule has 0 aliphatic rings. The number of anilines is 2. The number of amides is 1. The van der Waals surface area contributed by atoms with E-state index in [2.05, 4.69) is 10.6 Å². The molecule has 0 unspecified atom stereocenters. The van der Waals surface area contributed by atoms with Crippen molar-refractivity contribution < 1.29 is 13.9 Å². The first-order valence-electron chi connectivity index (χ1n) is 7.19. The summed E-state index contributed by atoms with van der Waals surface area (Å²) in [7, 11) is 0. The van der Waals surface area contributed by atoms with Crippen molar-refractivity contribution in [2.75, 3.05) is 23.8 Å². The summed E-state index contributed by atoms with van der Waals surface area (Å²) in [6.07, 6.45) is 0.295. The fourth-order valence-electron chi connectivity index (χ4n) is 1.94. The number of halogens is 1. The van der Waals surface area contributed by atoms with Crippen LogP contribution in [-0.4, -0.2) is 19.1 Å². The number of hydrogen-bond acceptors (Lipinski definition) is 3. The van der Waals surface area contributed by atoms with Gasteiger partial charge < -0.3 is 15.4 Å². The zero-order valence-corrected chi connectivity index (χ0v) is 12.4. The van der Waals surface area contributed by atoms with Crippen molar-refractivity contribution in [3.8, 4) is 5.75 Å². The quantitative estimate of drug-likeness (QED) is 0.820. The first-order valence-corrected chi connectivity index (χ1v) is 7.19. The van der Waals surface area contributed by atoms with E-state index in [1.54, 1.807) is 24.3 Å². The normalized spacial score (nSPS) is 10.1. The van der Waals surface area contributed by atoms with E-state index in [1.165, 1.54) is 12.1 Å². The van der Waals surface area contributed by atoms with Crippen LogP contribution in [0.4, 0.5) is 15.8 Å². The Bertz CT molecular complexity index is 614. The molecule has 0 aliphatic heterocycles. The van der Waals surface area contributed by atoms with Gasteiger partial charge in [0.2, 0.25) is 5.91 Å². The third kappa shape index (κ3) is 5.09. The lowest BCUT2D eigenvalue weighted by molar-refractivity contribution is -0.115. The average molecular weight is 302 g/mol. The lowest BCUT2D eigenvalue weighted by Crippen LogP contribution is -2.16. The summed E-state index contributed by atoms with van der Waals surface area (Å²) >= 11 is 0. The van der Waals surface area contributed by atoms with Crippen molar-refractivity contribution in [3.05, 3.63) is 54.3 Å². The third-order valence-corrected chi connectivity index (χ3v) is 2.95. The van der Waals surface area contributed by atoms with Gasteiger partial charge in [0.25, 0.3) is 0 Å². The molecule has 0 aliphatic carbocycles. The fraction of sp³-hybridized carbons (Fsp3) is 0.235. The monoisotopic (exact) mass is 302 g/mol. The molecule has 22 heavy (non-hydrogen) atoms. The van der Waals surface area contributed by atoms with E-state index in [9.17, 15) is 9.18 Å². The third-order valence-electron chi connectivity index (χ3n) is 2.95. The highest BCUT2D eigenvalue weighted by atomic mass is 19.1.